The minimum absolute atomic E-state index is 0.180. The van der Waals surface area contributed by atoms with Gasteiger partial charge >= 0.3 is 0 Å². The zero-order valence-corrected chi connectivity index (χ0v) is 8.14. The molecule has 1 aliphatic rings. The summed E-state index contributed by atoms with van der Waals surface area (Å²) in [6, 6.07) is 4.43. The topological polar surface area (TPSA) is 20.2 Å². The van der Waals surface area contributed by atoms with Crippen molar-refractivity contribution in [2.45, 2.75) is 39.2 Å². The molecule has 70 valence electrons. The van der Waals surface area contributed by atoms with Crippen LogP contribution in [0.15, 0.2) is 12.1 Å². The van der Waals surface area contributed by atoms with Gasteiger partial charge in [-0.3, -0.25) is 0 Å². The highest BCUT2D eigenvalue weighted by molar-refractivity contribution is 5.38. The molecule has 0 unspecified atom stereocenters. The molecule has 0 heterocycles. The largest absolute Gasteiger partial charge is 0.392 e. The Morgan fingerprint density at radius 1 is 1.15 bits per heavy atom. The van der Waals surface area contributed by atoms with Crippen molar-refractivity contribution in [2.24, 2.45) is 0 Å². The number of aliphatic hydroxyl groups excluding tert-OH is 1. The monoisotopic (exact) mass is 176 g/mol. The van der Waals surface area contributed by atoms with Gasteiger partial charge in [0.1, 0.15) is 0 Å². The van der Waals surface area contributed by atoms with Gasteiger partial charge in [-0.25, -0.2) is 0 Å². The predicted octanol–water partition coefficient (Wildman–Crippen LogP) is 2.37. The fourth-order valence-corrected chi connectivity index (χ4v) is 2.13. The predicted molar refractivity (Wildman–Crippen MR) is 53.7 cm³/mol. The Morgan fingerprint density at radius 3 is 2.38 bits per heavy atom. The van der Waals surface area contributed by atoms with Crippen LogP contribution in [0.5, 0.6) is 0 Å². The molecular formula is C12H16O. The molecule has 1 aromatic rings. The summed E-state index contributed by atoms with van der Waals surface area (Å²) in [5.41, 5.74) is 5.30. The van der Waals surface area contributed by atoms with E-state index in [1.54, 1.807) is 0 Å². The summed E-state index contributed by atoms with van der Waals surface area (Å²) in [5.74, 6) is 0. The van der Waals surface area contributed by atoms with Crippen molar-refractivity contribution >= 4 is 0 Å². The third-order valence-corrected chi connectivity index (χ3v) is 2.97. The Hall–Kier alpha value is -0.820. The summed E-state index contributed by atoms with van der Waals surface area (Å²) >= 11 is 0. The fraction of sp³-hybridized carbons (Fsp3) is 0.500. The molecule has 0 spiro atoms. The number of hydrogen-bond acceptors (Lipinski definition) is 1. The standard InChI is InChI=1S/C12H16O/c1-9-6-10-4-2-3-5-11(10)7-12(9)8-13/h6-7,13H,2-5,8H2,1H3. The highest BCUT2D eigenvalue weighted by Gasteiger charge is 2.10. The molecule has 0 fully saturated rings. The van der Waals surface area contributed by atoms with E-state index >= 15 is 0 Å². The van der Waals surface area contributed by atoms with Gasteiger partial charge in [-0.1, -0.05) is 12.1 Å². The van der Waals surface area contributed by atoms with Crippen molar-refractivity contribution in [1.29, 1.82) is 0 Å². The maximum absolute atomic E-state index is 9.12. The van der Waals surface area contributed by atoms with Crippen LogP contribution in [0.4, 0.5) is 0 Å². The molecule has 1 aromatic carbocycles. The molecule has 0 amide bonds. The SMILES string of the molecule is Cc1cc2c(cc1CO)CCCC2. The molecule has 1 nitrogen and oxygen atoms in total. The summed E-state index contributed by atoms with van der Waals surface area (Å²) in [6.45, 7) is 2.26. The van der Waals surface area contributed by atoms with Gasteiger partial charge in [0.05, 0.1) is 6.61 Å². The second-order valence-corrected chi connectivity index (χ2v) is 3.91. The van der Waals surface area contributed by atoms with Gasteiger partial charge in [0.2, 0.25) is 0 Å². The molecule has 0 aliphatic heterocycles. The molecule has 1 heteroatoms. The molecule has 1 aliphatic carbocycles. The Morgan fingerprint density at radius 2 is 1.77 bits per heavy atom. The van der Waals surface area contributed by atoms with Crippen LogP contribution < -0.4 is 0 Å². The normalized spacial score (nSPS) is 15.5. The third-order valence-electron chi connectivity index (χ3n) is 2.97. The molecule has 0 aromatic heterocycles. The summed E-state index contributed by atoms with van der Waals surface area (Å²) in [6.07, 6.45) is 5.05. The summed E-state index contributed by atoms with van der Waals surface area (Å²) in [4.78, 5) is 0. The molecule has 13 heavy (non-hydrogen) atoms. The van der Waals surface area contributed by atoms with Crippen LogP contribution in [-0.4, -0.2) is 5.11 Å². The van der Waals surface area contributed by atoms with E-state index in [2.05, 4.69) is 19.1 Å². The Kier molecular flexibility index (Phi) is 2.36. The molecule has 0 saturated carbocycles. The zero-order chi connectivity index (χ0) is 9.26. The smallest absolute Gasteiger partial charge is 0.0684 e. The van der Waals surface area contributed by atoms with E-state index in [9.17, 15) is 0 Å². The lowest BCUT2D eigenvalue weighted by Gasteiger charge is -2.17. The van der Waals surface area contributed by atoms with E-state index in [1.807, 2.05) is 0 Å². The first-order valence-corrected chi connectivity index (χ1v) is 5.03. The Balaban J connectivity index is 2.44. The Labute approximate surface area is 79.4 Å². The summed E-state index contributed by atoms with van der Waals surface area (Å²) in [5, 5.41) is 9.12. The van der Waals surface area contributed by atoms with Gasteiger partial charge in [-0.05, 0) is 54.9 Å². The third kappa shape index (κ3) is 1.61. The summed E-state index contributed by atoms with van der Waals surface area (Å²) in [7, 11) is 0. The van der Waals surface area contributed by atoms with Gasteiger partial charge in [-0.2, -0.15) is 0 Å². The molecule has 0 saturated heterocycles. The van der Waals surface area contributed by atoms with Crippen LogP contribution in [0.25, 0.3) is 0 Å². The maximum Gasteiger partial charge on any atom is 0.0684 e. The van der Waals surface area contributed by atoms with Crippen molar-refractivity contribution in [3.63, 3.8) is 0 Å². The number of benzene rings is 1. The van der Waals surface area contributed by atoms with Crippen molar-refractivity contribution in [3.8, 4) is 0 Å². The van der Waals surface area contributed by atoms with Crippen molar-refractivity contribution < 1.29 is 5.11 Å². The molecule has 1 N–H and O–H groups in total. The van der Waals surface area contributed by atoms with E-state index in [4.69, 9.17) is 5.11 Å². The van der Waals surface area contributed by atoms with E-state index in [1.165, 1.54) is 42.4 Å². The minimum Gasteiger partial charge on any atom is -0.392 e. The molecule has 0 atom stereocenters. The summed E-state index contributed by atoms with van der Waals surface area (Å²) < 4.78 is 0. The van der Waals surface area contributed by atoms with Crippen LogP contribution >= 0.6 is 0 Å². The van der Waals surface area contributed by atoms with Gasteiger partial charge in [0, 0.05) is 0 Å². The average molecular weight is 176 g/mol. The Bertz CT molecular complexity index is 315. The molecular weight excluding hydrogens is 160 g/mol. The van der Waals surface area contributed by atoms with E-state index in [0.29, 0.717) is 0 Å². The van der Waals surface area contributed by atoms with Crippen LogP contribution in [0.2, 0.25) is 0 Å². The average Bonchev–Trinajstić information content (AvgIpc) is 2.17. The van der Waals surface area contributed by atoms with Gasteiger partial charge in [0.25, 0.3) is 0 Å². The van der Waals surface area contributed by atoms with Crippen LogP contribution in [0, 0.1) is 6.92 Å². The fourth-order valence-electron chi connectivity index (χ4n) is 2.13. The van der Waals surface area contributed by atoms with E-state index in [-0.39, 0.29) is 6.61 Å². The lowest BCUT2D eigenvalue weighted by atomic mass is 9.88. The number of aryl methyl sites for hydroxylation is 3. The number of aliphatic hydroxyl groups is 1. The zero-order valence-electron chi connectivity index (χ0n) is 8.14. The first-order chi connectivity index (χ1) is 6.31. The molecule has 0 radical (unpaired) electrons. The second-order valence-electron chi connectivity index (χ2n) is 3.91. The first-order valence-electron chi connectivity index (χ1n) is 5.03. The highest BCUT2D eigenvalue weighted by atomic mass is 16.3. The lowest BCUT2D eigenvalue weighted by molar-refractivity contribution is 0.281. The van der Waals surface area contributed by atoms with Crippen LogP contribution in [0.3, 0.4) is 0 Å². The quantitative estimate of drug-likeness (QED) is 0.696. The second kappa shape index (κ2) is 3.51. The highest BCUT2D eigenvalue weighted by Crippen LogP contribution is 2.24. The van der Waals surface area contributed by atoms with Gasteiger partial charge in [0.15, 0.2) is 0 Å². The minimum atomic E-state index is 0.180. The lowest BCUT2D eigenvalue weighted by Crippen LogP contribution is -2.04. The first kappa shape index (κ1) is 8.76. The van der Waals surface area contributed by atoms with Crippen molar-refractivity contribution in [1.82, 2.24) is 0 Å². The number of hydrogen-bond donors (Lipinski definition) is 1. The number of rotatable bonds is 1. The van der Waals surface area contributed by atoms with Crippen molar-refractivity contribution in [3.05, 3.63) is 34.4 Å². The van der Waals surface area contributed by atoms with Gasteiger partial charge < -0.3 is 5.11 Å². The van der Waals surface area contributed by atoms with E-state index in [0.717, 1.165) is 5.56 Å². The van der Waals surface area contributed by atoms with Crippen LogP contribution in [0.1, 0.15) is 35.1 Å². The van der Waals surface area contributed by atoms with E-state index < -0.39 is 0 Å². The van der Waals surface area contributed by atoms with Crippen molar-refractivity contribution in [2.75, 3.05) is 0 Å². The molecule has 0 bridgehead atoms. The maximum atomic E-state index is 9.12. The van der Waals surface area contributed by atoms with Gasteiger partial charge in [-0.15, -0.1) is 0 Å². The number of fused-ring (bicyclic) bond motifs is 1. The molecule has 2 rings (SSSR count). The van der Waals surface area contributed by atoms with Crippen LogP contribution in [-0.2, 0) is 19.4 Å².